The Bertz CT molecular complexity index is 1320. The van der Waals surface area contributed by atoms with E-state index in [1.165, 1.54) is 6.07 Å². The molecule has 1 amide bonds. The van der Waals surface area contributed by atoms with E-state index in [0.29, 0.717) is 15.9 Å². The Kier molecular flexibility index (Phi) is 6.70. The van der Waals surface area contributed by atoms with Crippen LogP contribution in [0.25, 0.3) is 0 Å². The van der Waals surface area contributed by atoms with Crippen LogP contribution in [0.1, 0.15) is 49.3 Å². The first kappa shape index (κ1) is 25.9. The number of phosphoric ester groups is 1. The minimum absolute atomic E-state index is 0.0338. The van der Waals surface area contributed by atoms with Gasteiger partial charge in [-0.2, -0.15) is 13.8 Å². The van der Waals surface area contributed by atoms with Crippen LogP contribution >= 0.6 is 7.82 Å². The van der Waals surface area contributed by atoms with E-state index in [1.807, 2.05) is 6.92 Å². The summed E-state index contributed by atoms with van der Waals surface area (Å²) in [7, 11) is -4.23. The highest BCUT2D eigenvalue weighted by molar-refractivity contribution is 7.48. The number of anilines is 1. The van der Waals surface area contributed by atoms with Gasteiger partial charge >= 0.3 is 19.4 Å². The van der Waals surface area contributed by atoms with Crippen LogP contribution in [0.3, 0.4) is 0 Å². The summed E-state index contributed by atoms with van der Waals surface area (Å²) in [5.74, 6) is -3.83. The Morgan fingerprint density at radius 3 is 2.84 bits per heavy atom. The van der Waals surface area contributed by atoms with Crippen molar-refractivity contribution in [2.24, 2.45) is 0 Å². The fourth-order valence-electron chi connectivity index (χ4n) is 4.38. The summed E-state index contributed by atoms with van der Waals surface area (Å²) in [5, 5.41) is 2.49. The average molecular weight is 541 g/mol. The maximum absolute atomic E-state index is 15.2. The second kappa shape index (κ2) is 9.55. The number of phosphoric acid groups is 1. The molecule has 5 atom stereocenters. The molecule has 0 saturated carbocycles. The standard InChI is InChI=1S/C23H26F2N3O8P/c1-12(2)35-37(31)32-11-17-19(36-37)23(24,25)21(34-17)28-9-8-18(27-22(28)30)26-20(29)15-7-6-14-5-4-13(3)33-16(14)10-15/h6-10,12-13,17,19,21H,4-5,11H2,1-3H3,(H,26,27,29,30)/t13?,17-,19-,21?,37?/m1/s1. The molecule has 0 radical (unpaired) electrons. The summed E-state index contributed by atoms with van der Waals surface area (Å²) in [4.78, 5) is 29.1. The fourth-order valence-corrected chi connectivity index (χ4v) is 5.95. The molecule has 0 bridgehead atoms. The molecule has 3 aliphatic rings. The molecule has 14 heteroatoms. The first-order chi connectivity index (χ1) is 17.4. The fraction of sp³-hybridized carbons (Fsp3) is 0.522. The number of aryl methyl sites for hydroxylation is 1. The van der Waals surface area contributed by atoms with E-state index in [4.69, 9.17) is 23.0 Å². The molecule has 0 spiro atoms. The van der Waals surface area contributed by atoms with Crippen molar-refractivity contribution in [3.05, 3.63) is 52.1 Å². The lowest BCUT2D eigenvalue weighted by Crippen LogP contribution is -2.45. The van der Waals surface area contributed by atoms with Gasteiger partial charge in [0.25, 0.3) is 5.91 Å². The highest BCUT2D eigenvalue weighted by Gasteiger charge is 2.65. The van der Waals surface area contributed by atoms with Crippen LogP contribution in [0, 0.1) is 0 Å². The van der Waals surface area contributed by atoms with Gasteiger partial charge in [-0.1, -0.05) is 6.07 Å². The number of rotatable bonds is 5. The van der Waals surface area contributed by atoms with Crippen molar-refractivity contribution in [1.29, 1.82) is 0 Å². The number of ether oxygens (including phenoxy) is 2. The third-order valence-corrected chi connectivity index (χ3v) is 7.76. The van der Waals surface area contributed by atoms with E-state index < -0.39 is 56.5 Å². The number of nitrogens with zero attached hydrogens (tertiary/aromatic N) is 2. The van der Waals surface area contributed by atoms with E-state index in [-0.39, 0.29) is 11.9 Å². The molecular formula is C23H26F2N3O8P. The summed E-state index contributed by atoms with van der Waals surface area (Å²) in [6, 6.07) is 6.24. The van der Waals surface area contributed by atoms with Gasteiger partial charge in [-0.05, 0) is 57.4 Å². The Balaban J connectivity index is 1.32. The zero-order valence-corrected chi connectivity index (χ0v) is 21.2. The van der Waals surface area contributed by atoms with Crippen LogP contribution in [-0.4, -0.2) is 52.4 Å². The number of amides is 1. The van der Waals surface area contributed by atoms with Crippen molar-refractivity contribution in [3.8, 4) is 5.75 Å². The number of alkyl halides is 2. The number of nitrogens with one attached hydrogen (secondary N) is 1. The monoisotopic (exact) mass is 541 g/mol. The summed E-state index contributed by atoms with van der Waals surface area (Å²) in [5.41, 5.74) is 0.194. The number of hydrogen-bond donors (Lipinski definition) is 1. The molecule has 5 rings (SSSR count). The van der Waals surface area contributed by atoms with E-state index in [2.05, 4.69) is 10.3 Å². The molecule has 2 fully saturated rings. The van der Waals surface area contributed by atoms with Crippen molar-refractivity contribution in [2.75, 3.05) is 11.9 Å². The molecule has 1 aromatic heterocycles. The van der Waals surface area contributed by atoms with E-state index in [1.54, 1.807) is 32.0 Å². The second-order valence-corrected chi connectivity index (χ2v) is 10.9. The molecule has 37 heavy (non-hydrogen) atoms. The Morgan fingerprint density at radius 2 is 2.11 bits per heavy atom. The van der Waals surface area contributed by atoms with Gasteiger partial charge in [-0.25, -0.2) is 9.36 Å². The lowest BCUT2D eigenvalue weighted by Gasteiger charge is -2.32. The molecule has 200 valence electrons. The minimum atomic E-state index is -4.23. The lowest BCUT2D eigenvalue weighted by atomic mass is 10.0. The third-order valence-electron chi connectivity index (χ3n) is 6.13. The average Bonchev–Trinajstić information content (AvgIpc) is 3.07. The predicted octanol–water partition coefficient (Wildman–Crippen LogP) is 3.69. The van der Waals surface area contributed by atoms with Crippen molar-refractivity contribution < 1.29 is 41.2 Å². The van der Waals surface area contributed by atoms with E-state index in [0.717, 1.165) is 24.6 Å². The van der Waals surface area contributed by atoms with Crippen LogP contribution in [0.4, 0.5) is 14.6 Å². The van der Waals surface area contributed by atoms with Gasteiger partial charge in [-0.3, -0.25) is 22.9 Å². The number of hydrogen-bond acceptors (Lipinski definition) is 9. The van der Waals surface area contributed by atoms with Crippen molar-refractivity contribution in [2.45, 2.75) is 70.2 Å². The van der Waals surface area contributed by atoms with Crippen LogP contribution in [0.15, 0.2) is 35.3 Å². The normalized spacial score (nSPS) is 30.3. The zero-order valence-electron chi connectivity index (χ0n) is 20.3. The molecule has 11 nitrogen and oxygen atoms in total. The third kappa shape index (κ3) is 5.06. The maximum Gasteiger partial charge on any atom is 0.475 e. The topological polar surface area (TPSA) is 127 Å². The SMILES string of the molecule is CC(C)OP1(=O)OC[C@H]2OC(n3ccc(NC(=O)c4ccc5c(c4)OC(C)CC5)nc3=O)C(F)(F)[C@@H]2O1. The summed E-state index contributed by atoms with van der Waals surface area (Å²) in [6.07, 6.45) is -3.16. The summed E-state index contributed by atoms with van der Waals surface area (Å²) >= 11 is 0. The number of halogens is 2. The van der Waals surface area contributed by atoms with E-state index >= 15 is 8.78 Å². The largest absolute Gasteiger partial charge is 0.490 e. The van der Waals surface area contributed by atoms with Crippen LogP contribution in [0.5, 0.6) is 5.75 Å². The minimum Gasteiger partial charge on any atom is -0.490 e. The molecular weight excluding hydrogens is 515 g/mol. The van der Waals surface area contributed by atoms with Crippen LogP contribution in [0.2, 0.25) is 0 Å². The number of carbonyl (C=O) groups is 1. The summed E-state index contributed by atoms with van der Waals surface area (Å²) < 4.78 is 69.9. The van der Waals surface area contributed by atoms with Crippen molar-refractivity contribution in [1.82, 2.24) is 9.55 Å². The van der Waals surface area contributed by atoms with Gasteiger partial charge < -0.3 is 14.8 Å². The quantitative estimate of drug-likeness (QED) is 0.564. The first-order valence-electron chi connectivity index (χ1n) is 11.8. The van der Waals surface area contributed by atoms with Gasteiger partial charge in [0.1, 0.15) is 17.7 Å². The number of benzene rings is 1. The Labute approximate surface area is 210 Å². The number of fused-ring (bicyclic) bond motifs is 2. The van der Waals surface area contributed by atoms with Gasteiger partial charge in [0.05, 0.1) is 18.8 Å². The lowest BCUT2D eigenvalue weighted by molar-refractivity contribution is -0.139. The van der Waals surface area contributed by atoms with Crippen LogP contribution in [-0.2, 0) is 29.3 Å². The van der Waals surface area contributed by atoms with Crippen LogP contribution < -0.4 is 15.7 Å². The van der Waals surface area contributed by atoms with Gasteiger partial charge in [-0.15, -0.1) is 0 Å². The van der Waals surface area contributed by atoms with Gasteiger partial charge in [0.15, 0.2) is 6.10 Å². The smallest absolute Gasteiger partial charge is 0.475 e. The number of carbonyl (C=O) groups excluding carboxylic acids is 1. The summed E-state index contributed by atoms with van der Waals surface area (Å²) in [6.45, 7) is 4.57. The second-order valence-electron chi connectivity index (χ2n) is 9.37. The molecule has 0 aliphatic carbocycles. The Morgan fingerprint density at radius 1 is 1.32 bits per heavy atom. The highest BCUT2D eigenvalue weighted by atomic mass is 31.2. The van der Waals surface area contributed by atoms with Gasteiger partial charge in [0.2, 0.25) is 6.23 Å². The van der Waals surface area contributed by atoms with Gasteiger partial charge in [0, 0.05) is 11.8 Å². The first-order valence-corrected chi connectivity index (χ1v) is 13.3. The molecule has 1 N–H and O–H groups in total. The molecule has 3 unspecified atom stereocenters. The predicted molar refractivity (Wildman–Crippen MR) is 125 cm³/mol. The van der Waals surface area contributed by atoms with E-state index in [9.17, 15) is 14.2 Å². The molecule has 1 aromatic carbocycles. The van der Waals surface area contributed by atoms with Crippen molar-refractivity contribution >= 4 is 19.5 Å². The highest BCUT2D eigenvalue weighted by Crippen LogP contribution is 2.60. The zero-order chi connectivity index (χ0) is 26.5. The molecule has 2 saturated heterocycles. The maximum atomic E-state index is 15.2. The Hall–Kier alpha value is -2.70. The molecule has 2 aromatic rings. The van der Waals surface area contributed by atoms with Crippen molar-refractivity contribution in [3.63, 3.8) is 0 Å². The molecule has 4 heterocycles. The molecule has 3 aliphatic heterocycles. The number of aromatic nitrogens is 2.